The lowest BCUT2D eigenvalue weighted by Gasteiger charge is -2.06. The zero-order chi connectivity index (χ0) is 14.5. The van der Waals surface area contributed by atoms with Crippen molar-refractivity contribution >= 4 is 0 Å². The van der Waals surface area contributed by atoms with Gasteiger partial charge in [0, 0.05) is 32.1 Å². The van der Waals surface area contributed by atoms with Crippen molar-refractivity contribution < 1.29 is 4.74 Å². The minimum absolute atomic E-state index is 0.719. The average Bonchev–Trinajstić information content (AvgIpc) is 2.72. The van der Waals surface area contributed by atoms with Crippen molar-refractivity contribution in [3.05, 3.63) is 40.8 Å². The molecule has 108 valence electrons. The van der Waals surface area contributed by atoms with Gasteiger partial charge in [0.15, 0.2) is 5.82 Å². The van der Waals surface area contributed by atoms with E-state index in [1.165, 1.54) is 5.56 Å². The number of hydrogen-bond acceptors (Lipinski definition) is 4. The lowest BCUT2D eigenvalue weighted by Crippen LogP contribution is -2.18. The van der Waals surface area contributed by atoms with Crippen molar-refractivity contribution in [2.45, 2.75) is 27.3 Å². The Morgan fingerprint density at radius 1 is 1.25 bits per heavy atom. The van der Waals surface area contributed by atoms with E-state index in [1.54, 1.807) is 7.11 Å². The largest absolute Gasteiger partial charge is 0.383 e. The maximum Gasteiger partial charge on any atom is 0.153 e. The molecule has 0 saturated carbocycles. The Kier molecular flexibility index (Phi) is 4.87. The van der Waals surface area contributed by atoms with Crippen LogP contribution in [0.1, 0.15) is 22.5 Å². The normalized spacial score (nSPS) is 11.0. The van der Waals surface area contributed by atoms with Crippen molar-refractivity contribution in [1.82, 2.24) is 20.1 Å². The highest BCUT2D eigenvalue weighted by Gasteiger charge is 2.09. The van der Waals surface area contributed by atoms with Crippen molar-refractivity contribution in [1.29, 1.82) is 0 Å². The number of ether oxygens (including phenoxy) is 1. The molecule has 0 spiro atoms. The molecule has 0 amide bonds. The summed E-state index contributed by atoms with van der Waals surface area (Å²) in [4.78, 5) is 4.49. The van der Waals surface area contributed by atoms with E-state index in [1.807, 2.05) is 23.9 Å². The van der Waals surface area contributed by atoms with Gasteiger partial charge in [-0.25, -0.2) is 9.67 Å². The predicted octanol–water partition coefficient (Wildman–Crippen LogP) is 1.93. The van der Waals surface area contributed by atoms with Gasteiger partial charge >= 0.3 is 0 Å². The van der Waals surface area contributed by atoms with Crippen LogP contribution >= 0.6 is 0 Å². The molecule has 0 fully saturated rings. The lowest BCUT2D eigenvalue weighted by molar-refractivity contribution is 0.199. The third-order valence-corrected chi connectivity index (χ3v) is 3.49. The van der Waals surface area contributed by atoms with Crippen LogP contribution in [0.4, 0.5) is 0 Å². The summed E-state index contributed by atoms with van der Waals surface area (Å²) in [6.45, 7) is 8.53. The minimum atomic E-state index is 0.719. The van der Waals surface area contributed by atoms with Gasteiger partial charge in [-0.3, -0.25) is 0 Å². The van der Waals surface area contributed by atoms with Crippen molar-refractivity contribution in [3.63, 3.8) is 0 Å². The van der Waals surface area contributed by atoms with Crippen LogP contribution in [0, 0.1) is 20.8 Å². The highest BCUT2D eigenvalue weighted by Crippen LogP contribution is 2.15. The summed E-state index contributed by atoms with van der Waals surface area (Å²) in [5, 5.41) is 7.82. The van der Waals surface area contributed by atoms with E-state index >= 15 is 0 Å². The molecule has 1 N–H and O–H groups in total. The fraction of sp³-hybridized carbons (Fsp3) is 0.467. The first-order valence-corrected chi connectivity index (χ1v) is 6.81. The smallest absolute Gasteiger partial charge is 0.153 e. The second-order valence-corrected chi connectivity index (χ2v) is 4.90. The second kappa shape index (κ2) is 6.63. The number of nitrogens with one attached hydrogen (secondary N) is 1. The Hall–Kier alpha value is -1.72. The van der Waals surface area contributed by atoms with E-state index < -0.39 is 0 Å². The van der Waals surface area contributed by atoms with E-state index in [2.05, 4.69) is 35.3 Å². The number of rotatable bonds is 6. The number of hydrogen-bond donors (Lipinski definition) is 1. The fourth-order valence-electron chi connectivity index (χ4n) is 2.00. The van der Waals surface area contributed by atoms with E-state index in [9.17, 15) is 0 Å². The van der Waals surface area contributed by atoms with Gasteiger partial charge in [-0.1, -0.05) is 6.07 Å². The van der Waals surface area contributed by atoms with E-state index in [0.29, 0.717) is 0 Å². The fourth-order valence-corrected chi connectivity index (χ4v) is 2.00. The molecule has 0 unspecified atom stereocenters. The van der Waals surface area contributed by atoms with Crippen molar-refractivity contribution in [2.75, 3.05) is 20.3 Å². The Balaban J connectivity index is 2.06. The quantitative estimate of drug-likeness (QED) is 0.818. The van der Waals surface area contributed by atoms with Gasteiger partial charge in [-0.05, 0) is 38.0 Å². The van der Waals surface area contributed by atoms with Crippen LogP contribution in [0.5, 0.6) is 0 Å². The van der Waals surface area contributed by atoms with Gasteiger partial charge in [0.2, 0.25) is 0 Å². The summed E-state index contributed by atoms with van der Waals surface area (Å²) >= 11 is 0. The zero-order valence-electron chi connectivity index (χ0n) is 12.6. The Morgan fingerprint density at radius 3 is 2.60 bits per heavy atom. The van der Waals surface area contributed by atoms with Crippen LogP contribution in [0.15, 0.2) is 18.3 Å². The van der Waals surface area contributed by atoms with Gasteiger partial charge in [-0.2, -0.15) is 5.10 Å². The van der Waals surface area contributed by atoms with Gasteiger partial charge in [0.25, 0.3) is 0 Å². The van der Waals surface area contributed by atoms with Crippen LogP contribution < -0.4 is 5.32 Å². The average molecular weight is 274 g/mol. The molecule has 0 bridgehead atoms. The van der Waals surface area contributed by atoms with Gasteiger partial charge in [0.05, 0.1) is 12.3 Å². The summed E-state index contributed by atoms with van der Waals surface area (Å²) in [7, 11) is 1.70. The molecule has 0 aliphatic rings. The van der Waals surface area contributed by atoms with Crippen LogP contribution in [-0.4, -0.2) is 35.0 Å². The molecule has 2 heterocycles. The number of nitrogens with zero attached hydrogens (tertiary/aromatic N) is 3. The maximum atomic E-state index is 4.99. The number of pyridine rings is 1. The molecule has 0 saturated heterocycles. The number of aryl methyl sites for hydroxylation is 1. The third kappa shape index (κ3) is 3.23. The predicted molar refractivity (Wildman–Crippen MR) is 79.2 cm³/mol. The first-order valence-electron chi connectivity index (χ1n) is 6.81. The molecule has 0 radical (unpaired) electrons. The minimum Gasteiger partial charge on any atom is -0.383 e. The highest BCUT2D eigenvalue weighted by atomic mass is 16.5. The molecule has 0 aliphatic heterocycles. The topological polar surface area (TPSA) is 52.0 Å². The van der Waals surface area contributed by atoms with Crippen LogP contribution in [-0.2, 0) is 11.3 Å². The molecule has 5 heteroatoms. The number of aromatic nitrogens is 3. The van der Waals surface area contributed by atoms with Gasteiger partial charge in [0.1, 0.15) is 0 Å². The standard InChI is InChI=1S/C15H22N4O/c1-11-12(2)18-19(13(11)3)15-6-5-14(10-17-15)9-16-7-8-20-4/h5-6,10,16H,7-9H2,1-4H3. The third-order valence-electron chi connectivity index (χ3n) is 3.49. The van der Waals surface area contributed by atoms with Crippen LogP contribution in [0.3, 0.4) is 0 Å². The van der Waals surface area contributed by atoms with E-state index in [4.69, 9.17) is 4.74 Å². The monoisotopic (exact) mass is 274 g/mol. The second-order valence-electron chi connectivity index (χ2n) is 4.90. The Bertz CT molecular complexity index is 560. The van der Waals surface area contributed by atoms with E-state index in [-0.39, 0.29) is 0 Å². The number of methoxy groups -OCH3 is 1. The molecule has 5 nitrogen and oxygen atoms in total. The first-order chi connectivity index (χ1) is 9.63. The molecule has 2 rings (SSSR count). The highest BCUT2D eigenvalue weighted by molar-refractivity contribution is 5.32. The summed E-state index contributed by atoms with van der Waals surface area (Å²) in [6, 6.07) is 4.08. The van der Waals surface area contributed by atoms with Crippen molar-refractivity contribution in [3.8, 4) is 5.82 Å². The molecule has 20 heavy (non-hydrogen) atoms. The summed E-state index contributed by atoms with van der Waals surface area (Å²) in [5.41, 5.74) is 4.57. The zero-order valence-corrected chi connectivity index (χ0v) is 12.6. The maximum absolute atomic E-state index is 4.99. The molecular weight excluding hydrogens is 252 g/mol. The SMILES string of the molecule is COCCNCc1ccc(-n2nc(C)c(C)c2C)nc1. The molecular formula is C15H22N4O. The molecule has 0 aliphatic carbocycles. The Labute approximate surface area is 120 Å². The van der Waals surface area contributed by atoms with Gasteiger partial charge in [-0.15, -0.1) is 0 Å². The first kappa shape index (κ1) is 14.7. The lowest BCUT2D eigenvalue weighted by atomic mass is 10.2. The van der Waals surface area contributed by atoms with Crippen LogP contribution in [0.2, 0.25) is 0 Å². The molecule has 2 aromatic rings. The van der Waals surface area contributed by atoms with E-state index in [0.717, 1.165) is 42.5 Å². The molecule has 0 aromatic carbocycles. The molecule has 0 atom stereocenters. The summed E-state index contributed by atoms with van der Waals surface area (Å²) < 4.78 is 6.89. The summed E-state index contributed by atoms with van der Waals surface area (Å²) in [5.74, 6) is 0.861. The Morgan fingerprint density at radius 2 is 2.05 bits per heavy atom. The molecule has 2 aromatic heterocycles. The summed E-state index contributed by atoms with van der Waals surface area (Å²) in [6.07, 6.45) is 1.89. The van der Waals surface area contributed by atoms with Gasteiger partial charge < -0.3 is 10.1 Å². The van der Waals surface area contributed by atoms with Crippen LogP contribution in [0.25, 0.3) is 5.82 Å². The van der Waals surface area contributed by atoms with Crippen molar-refractivity contribution in [2.24, 2.45) is 0 Å².